The smallest absolute Gasteiger partial charge is 0.175 e. The average molecular weight is 372 g/mol. The zero-order valence-corrected chi connectivity index (χ0v) is 17.0. The third kappa shape index (κ3) is 3.51. The molecule has 3 rings (SSSR count). The Balaban J connectivity index is 1.77. The van der Waals surface area contributed by atoms with Gasteiger partial charge in [0.1, 0.15) is 5.75 Å². The number of carbonyl (C=O) groups is 1. The summed E-state index contributed by atoms with van der Waals surface area (Å²) in [6.45, 7) is 10.5. The highest BCUT2D eigenvalue weighted by Gasteiger charge is 2.22. The summed E-state index contributed by atoms with van der Waals surface area (Å²) in [5, 5.41) is 0.742. The van der Waals surface area contributed by atoms with Crippen molar-refractivity contribution >= 4 is 28.6 Å². The van der Waals surface area contributed by atoms with Gasteiger partial charge < -0.3 is 14.3 Å². The van der Waals surface area contributed by atoms with Gasteiger partial charge in [0.25, 0.3) is 0 Å². The Morgan fingerprint density at radius 2 is 2.00 bits per heavy atom. The van der Waals surface area contributed by atoms with Gasteiger partial charge in [0, 0.05) is 28.6 Å². The van der Waals surface area contributed by atoms with Crippen LogP contribution in [0.2, 0.25) is 0 Å². The normalized spacial score (nSPS) is 11.9. The third-order valence-electron chi connectivity index (χ3n) is 4.41. The minimum Gasteiger partial charge on any atom is -0.497 e. The highest BCUT2D eigenvalue weighted by Crippen LogP contribution is 2.27. The number of imidazole rings is 1. The van der Waals surface area contributed by atoms with E-state index in [-0.39, 0.29) is 11.3 Å². The molecule has 138 valence electrons. The summed E-state index contributed by atoms with van der Waals surface area (Å²) in [5.74, 6) is 1.26. The maximum Gasteiger partial charge on any atom is 0.175 e. The van der Waals surface area contributed by atoms with Crippen LogP contribution in [0.4, 0.5) is 0 Å². The number of Topliss-reactive ketones (excluding diaryl/α,β-unsaturated/α-hetero) is 1. The van der Waals surface area contributed by atoms with Gasteiger partial charge in [-0.1, -0.05) is 11.8 Å². The fourth-order valence-electron chi connectivity index (χ4n) is 3.45. The van der Waals surface area contributed by atoms with Crippen molar-refractivity contribution in [1.82, 2.24) is 14.5 Å². The van der Waals surface area contributed by atoms with Gasteiger partial charge in [0.05, 0.1) is 23.9 Å². The number of aryl methyl sites for hydroxylation is 1. The molecule has 0 aliphatic heterocycles. The van der Waals surface area contributed by atoms with Crippen LogP contribution in [0.3, 0.4) is 0 Å². The molecule has 0 amide bonds. The van der Waals surface area contributed by atoms with Gasteiger partial charge in [-0.05, 0) is 52.8 Å². The van der Waals surface area contributed by atoms with E-state index >= 15 is 0 Å². The Kier molecular flexibility index (Phi) is 4.88. The predicted molar refractivity (Wildman–Crippen MR) is 107 cm³/mol. The summed E-state index contributed by atoms with van der Waals surface area (Å²) in [7, 11) is 1.64. The first kappa shape index (κ1) is 18.6. The number of ketones is 1. The van der Waals surface area contributed by atoms with Crippen LogP contribution in [0, 0.1) is 13.8 Å². The van der Waals surface area contributed by atoms with Crippen molar-refractivity contribution in [3.63, 3.8) is 0 Å². The summed E-state index contributed by atoms with van der Waals surface area (Å²) in [6, 6.07) is 7.69. The molecule has 0 aliphatic rings. The van der Waals surface area contributed by atoms with Crippen LogP contribution in [0.1, 0.15) is 42.5 Å². The number of aromatic nitrogens is 3. The monoisotopic (exact) mass is 371 g/mol. The number of methoxy groups -OCH3 is 1. The molecule has 5 nitrogen and oxygen atoms in total. The molecular formula is C20H25N3O2S. The van der Waals surface area contributed by atoms with Crippen LogP contribution in [-0.2, 0) is 5.54 Å². The van der Waals surface area contributed by atoms with Crippen molar-refractivity contribution in [2.24, 2.45) is 0 Å². The second-order valence-electron chi connectivity index (χ2n) is 7.43. The molecule has 2 heterocycles. The highest BCUT2D eigenvalue weighted by atomic mass is 32.2. The Morgan fingerprint density at radius 1 is 1.27 bits per heavy atom. The van der Waals surface area contributed by atoms with E-state index in [4.69, 9.17) is 4.74 Å². The van der Waals surface area contributed by atoms with Gasteiger partial charge in [-0.15, -0.1) is 0 Å². The van der Waals surface area contributed by atoms with E-state index in [2.05, 4.69) is 42.2 Å². The number of carbonyl (C=O) groups excluding carboxylic acids is 1. The van der Waals surface area contributed by atoms with E-state index < -0.39 is 0 Å². The number of fused-ring (bicyclic) bond motifs is 1. The molecule has 1 N–H and O–H groups in total. The van der Waals surface area contributed by atoms with E-state index in [1.54, 1.807) is 7.11 Å². The van der Waals surface area contributed by atoms with Crippen LogP contribution >= 0.6 is 11.8 Å². The summed E-state index contributed by atoms with van der Waals surface area (Å²) in [5.41, 5.74) is 4.66. The molecule has 3 aromatic rings. The molecule has 0 aliphatic carbocycles. The standard InChI is InChI=1S/C20H25N3O2S/c1-12-9-15(13(2)23(12)20(3,4)5)18(24)11-26-19-21-16-8-7-14(25-6)10-17(16)22-19/h7-10H,11H2,1-6H3,(H,21,22). The molecule has 1 aromatic carbocycles. The Labute approximate surface area is 158 Å². The highest BCUT2D eigenvalue weighted by molar-refractivity contribution is 7.99. The summed E-state index contributed by atoms with van der Waals surface area (Å²) < 4.78 is 7.45. The van der Waals surface area contributed by atoms with Crippen LogP contribution < -0.4 is 4.74 Å². The Bertz CT molecular complexity index is 963. The fourth-order valence-corrected chi connectivity index (χ4v) is 4.22. The lowest BCUT2D eigenvalue weighted by atomic mass is 10.1. The van der Waals surface area contributed by atoms with Crippen molar-refractivity contribution in [3.8, 4) is 5.75 Å². The van der Waals surface area contributed by atoms with Gasteiger partial charge in [0.15, 0.2) is 10.9 Å². The minimum atomic E-state index is -0.0440. The molecule has 0 saturated heterocycles. The van der Waals surface area contributed by atoms with Crippen molar-refractivity contribution in [2.75, 3.05) is 12.9 Å². The second kappa shape index (κ2) is 6.83. The molecule has 0 atom stereocenters. The topological polar surface area (TPSA) is 59.9 Å². The molecule has 6 heteroatoms. The number of nitrogens with one attached hydrogen (secondary N) is 1. The number of rotatable bonds is 5. The lowest BCUT2D eigenvalue weighted by molar-refractivity contribution is 0.102. The van der Waals surface area contributed by atoms with Crippen LogP contribution in [-0.4, -0.2) is 33.2 Å². The quantitative estimate of drug-likeness (QED) is 0.521. The second-order valence-corrected chi connectivity index (χ2v) is 8.39. The van der Waals surface area contributed by atoms with Crippen molar-refractivity contribution in [1.29, 1.82) is 0 Å². The zero-order valence-electron chi connectivity index (χ0n) is 16.1. The van der Waals surface area contributed by atoms with Gasteiger partial charge >= 0.3 is 0 Å². The molecule has 2 aromatic heterocycles. The number of H-pyrrole nitrogens is 1. The van der Waals surface area contributed by atoms with Crippen LogP contribution in [0.15, 0.2) is 29.4 Å². The molecule has 0 spiro atoms. The van der Waals surface area contributed by atoms with E-state index in [0.29, 0.717) is 5.75 Å². The fraction of sp³-hybridized carbons (Fsp3) is 0.400. The number of nitrogens with zero attached hydrogens (tertiary/aromatic N) is 2. The van der Waals surface area contributed by atoms with Crippen LogP contribution in [0.5, 0.6) is 5.75 Å². The number of ether oxygens (including phenoxy) is 1. The molecule has 0 saturated carbocycles. The van der Waals surface area contributed by atoms with Crippen molar-refractivity contribution in [3.05, 3.63) is 41.2 Å². The first-order valence-electron chi connectivity index (χ1n) is 8.60. The molecule has 0 unspecified atom stereocenters. The van der Waals surface area contributed by atoms with Crippen molar-refractivity contribution < 1.29 is 9.53 Å². The van der Waals surface area contributed by atoms with E-state index in [9.17, 15) is 4.79 Å². The van der Waals surface area contributed by atoms with E-state index in [1.165, 1.54) is 11.8 Å². The molecule has 0 radical (unpaired) electrons. The first-order chi connectivity index (χ1) is 12.2. The molecular weight excluding hydrogens is 346 g/mol. The lowest BCUT2D eigenvalue weighted by Crippen LogP contribution is -2.24. The number of thioether (sulfide) groups is 1. The Hall–Kier alpha value is -2.21. The first-order valence-corrected chi connectivity index (χ1v) is 9.58. The number of hydrogen-bond donors (Lipinski definition) is 1. The van der Waals surface area contributed by atoms with E-state index in [0.717, 1.165) is 38.9 Å². The van der Waals surface area contributed by atoms with Gasteiger partial charge in [-0.25, -0.2) is 4.98 Å². The maximum absolute atomic E-state index is 12.8. The van der Waals surface area contributed by atoms with Crippen molar-refractivity contribution in [2.45, 2.75) is 45.3 Å². The van der Waals surface area contributed by atoms with Crippen LogP contribution in [0.25, 0.3) is 11.0 Å². The minimum absolute atomic E-state index is 0.0440. The largest absolute Gasteiger partial charge is 0.497 e. The zero-order chi connectivity index (χ0) is 19.1. The summed E-state index contributed by atoms with van der Waals surface area (Å²) in [4.78, 5) is 20.5. The Morgan fingerprint density at radius 3 is 2.62 bits per heavy atom. The number of aromatic amines is 1. The van der Waals surface area contributed by atoms with E-state index in [1.807, 2.05) is 31.2 Å². The predicted octanol–water partition coefficient (Wildman–Crippen LogP) is 4.72. The molecule has 0 fully saturated rings. The number of benzene rings is 1. The average Bonchev–Trinajstić information content (AvgIpc) is 3.11. The molecule has 26 heavy (non-hydrogen) atoms. The van der Waals surface area contributed by atoms with Gasteiger partial charge in [-0.3, -0.25) is 4.79 Å². The number of hydrogen-bond acceptors (Lipinski definition) is 4. The summed E-state index contributed by atoms with van der Waals surface area (Å²) in [6.07, 6.45) is 0. The van der Waals surface area contributed by atoms with Gasteiger partial charge in [0.2, 0.25) is 0 Å². The maximum atomic E-state index is 12.8. The molecule has 0 bridgehead atoms. The summed E-state index contributed by atoms with van der Waals surface area (Å²) >= 11 is 1.43. The van der Waals surface area contributed by atoms with Gasteiger partial charge in [-0.2, -0.15) is 0 Å². The third-order valence-corrected chi connectivity index (χ3v) is 5.28. The lowest BCUT2D eigenvalue weighted by Gasteiger charge is -2.25. The SMILES string of the molecule is COc1ccc2nc(SCC(=O)c3cc(C)n(C(C)(C)C)c3C)[nH]c2c1.